The van der Waals surface area contributed by atoms with E-state index in [0.717, 1.165) is 70.5 Å². The molecule has 0 radical (unpaired) electrons. The normalized spacial score (nSPS) is 16.6. The number of aliphatic imine (C=N–C) groups is 1. The third-order valence-electron chi connectivity index (χ3n) is 4.99. The van der Waals surface area contributed by atoms with Gasteiger partial charge in [0.1, 0.15) is 5.75 Å². The molecule has 0 aliphatic carbocycles. The van der Waals surface area contributed by atoms with Crippen LogP contribution in [0.25, 0.3) is 0 Å². The minimum atomic E-state index is 0.286. The number of benzene rings is 1. The Kier molecular flexibility index (Phi) is 10.8. The van der Waals surface area contributed by atoms with Gasteiger partial charge in [-0.05, 0) is 43.7 Å². The van der Waals surface area contributed by atoms with Crippen molar-refractivity contribution in [3.8, 4) is 5.75 Å². The molecule has 0 aromatic heterocycles. The Morgan fingerprint density at radius 2 is 2.04 bits per heavy atom. The van der Waals surface area contributed by atoms with Crippen molar-refractivity contribution in [2.45, 2.75) is 39.0 Å². The van der Waals surface area contributed by atoms with Gasteiger partial charge in [-0.3, -0.25) is 4.99 Å². The van der Waals surface area contributed by atoms with Gasteiger partial charge in [0, 0.05) is 52.0 Å². The van der Waals surface area contributed by atoms with E-state index < -0.39 is 0 Å². The van der Waals surface area contributed by atoms with Gasteiger partial charge < -0.3 is 24.8 Å². The lowest BCUT2D eigenvalue weighted by atomic mass is 10.0. The van der Waals surface area contributed by atoms with Crippen molar-refractivity contribution in [1.82, 2.24) is 10.6 Å². The molecule has 6 nitrogen and oxygen atoms in total. The Morgan fingerprint density at radius 1 is 1.25 bits per heavy atom. The molecule has 1 atom stereocenters. The summed E-state index contributed by atoms with van der Waals surface area (Å²) >= 11 is 0. The van der Waals surface area contributed by atoms with Gasteiger partial charge in [0.05, 0.1) is 7.11 Å². The maximum Gasteiger partial charge on any atom is 0.191 e. The largest absolute Gasteiger partial charge is 0.496 e. The maximum atomic E-state index is 5.83. The highest BCUT2D eigenvalue weighted by Crippen LogP contribution is 2.26. The van der Waals surface area contributed by atoms with E-state index in [0.29, 0.717) is 12.5 Å². The fraction of sp³-hybridized carbons (Fsp3) is 0.682. The SMILES string of the molecule is CCNC(=NCC(C)c1ccccc1OC)NCCCOCC1CCOCC1. The average molecular weight is 392 g/mol. The molecule has 0 spiro atoms. The van der Waals surface area contributed by atoms with Gasteiger partial charge in [-0.15, -0.1) is 0 Å². The Morgan fingerprint density at radius 3 is 2.79 bits per heavy atom. The molecule has 2 rings (SSSR count). The Bertz CT molecular complexity index is 574. The van der Waals surface area contributed by atoms with Crippen LogP contribution >= 0.6 is 0 Å². The number of rotatable bonds is 11. The quantitative estimate of drug-likeness (QED) is 0.345. The summed E-state index contributed by atoms with van der Waals surface area (Å²) in [5, 5.41) is 6.72. The van der Waals surface area contributed by atoms with Crippen LogP contribution in [-0.2, 0) is 9.47 Å². The third-order valence-corrected chi connectivity index (χ3v) is 4.99. The maximum absolute atomic E-state index is 5.83. The summed E-state index contributed by atoms with van der Waals surface area (Å²) in [6.45, 7) is 10.0. The van der Waals surface area contributed by atoms with E-state index in [1.807, 2.05) is 18.2 Å². The summed E-state index contributed by atoms with van der Waals surface area (Å²) in [5.41, 5.74) is 1.19. The second-order valence-electron chi connectivity index (χ2n) is 7.27. The Balaban J connectivity index is 1.69. The fourth-order valence-electron chi connectivity index (χ4n) is 3.29. The molecule has 28 heavy (non-hydrogen) atoms. The Labute approximate surface area is 170 Å². The molecule has 1 aliphatic heterocycles. The van der Waals surface area contributed by atoms with Crippen LogP contribution in [0.4, 0.5) is 0 Å². The first-order valence-electron chi connectivity index (χ1n) is 10.5. The van der Waals surface area contributed by atoms with E-state index in [-0.39, 0.29) is 5.92 Å². The van der Waals surface area contributed by atoms with Gasteiger partial charge in [0.25, 0.3) is 0 Å². The topological polar surface area (TPSA) is 64.1 Å². The molecule has 0 saturated carbocycles. The van der Waals surface area contributed by atoms with Gasteiger partial charge in [-0.1, -0.05) is 25.1 Å². The van der Waals surface area contributed by atoms with E-state index in [9.17, 15) is 0 Å². The van der Waals surface area contributed by atoms with Crippen molar-refractivity contribution < 1.29 is 14.2 Å². The van der Waals surface area contributed by atoms with Crippen molar-refractivity contribution in [1.29, 1.82) is 0 Å². The lowest BCUT2D eigenvalue weighted by Crippen LogP contribution is -2.38. The van der Waals surface area contributed by atoms with Crippen molar-refractivity contribution >= 4 is 5.96 Å². The molecule has 1 aromatic carbocycles. The van der Waals surface area contributed by atoms with Crippen molar-refractivity contribution in [3.63, 3.8) is 0 Å². The van der Waals surface area contributed by atoms with Gasteiger partial charge in [-0.2, -0.15) is 0 Å². The monoisotopic (exact) mass is 391 g/mol. The number of hydrogen-bond acceptors (Lipinski definition) is 4. The van der Waals surface area contributed by atoms with E-state index >= 15 is 0 Å². The predicted octanol–water partition coefficient (Wildman–Crippen LogP) is 3.19. The van der Waals surface area contributed by atoms with E-state index in [1.54, 1.807) is 7.11 Å². The number of para-hydroxylation sites is 1. The first-order valence-corrected chi connectivity index (χ1v) is 10.5. The summed E-state index contributed by atoms with van der Waals surface area (Å²) in [6, 6.07) is 8.14. The van der Waals surface area contributed by atoms with Crippen LogP contribution in [0.5, 0.6) is 5.75 Å². The zero-order valence-corrected chi connectivity index (χ0v) is 17.7. The molecule has 1 unspecified atom stereocenters. The van der Waals surface area contributed by atoms with Crippen LogP contribution < -0.4 is 15.4 Å². The van der Waals surface area contributed by atoms with Gasteiger partial charge in [0.2, 0.25) is 0 Å². The van der Waals surface area contributed by atoms with Crippen LogP contribution in [0.2, 0.25) is 0 Å². The van der Waals surface area contributed by atoms with Crippen molar-refractivity contribution in [2.24, 2.45) is 10.9 Å². The Hall–Kier alpha value is -1.79. The molecular weight excluding hydrogens is 354 g/mol. The molecule has 6 heteroatoms. The van der Waals surface area contributed by atoms with Crippen LogP contribution in [0.15, 0.2) is 29.3 Å². The summed E-state index contributed by atoms with van der Waals surface area (Å²) in [5.74, 6) is 2.73. The summed E-state index contributed by atoms with van der Waals surface area (Å²) in [4.78, 5) is 4.74. The minimum absolute atomic E-state index is 0.286. The van der Waals surface area contributed by atoms with Crippen molar-refractivity contribution in [2.75, 3.05) is 53.2 Å². The number of hydrogen-bond donors (Lipinski definition) is 2. The number of nitrogens with zero attached hydrogens (tertiary/aromatic N) is 1. The summed E-state index contributed by atoms with van der Waals surface area (Å²) in [7, 11) is 1.71. The number of nitrogens with one attached hydrogen (secondary N) is 2. The summed E-state index contributed by atoms with van der Waals surface area (Å²) < 4.78 is 16.7. The predicted molar refractivity (Wildman–Crippen MR) is 114 cm³/mol. The van der Waals surface area contributed by atoms with Crippen LogP contribution in [0.3, 0.4) is 0 Å². The first kappa shape index (κ1) is 22.5. The molecular formula is C22H37N3O3. The van der Waals surface area contributed by atoms with Crippen LogP contribution in [0, 0.1) is 5.92 Å². The average Bonchev–Trinajstić information content (AvgIpc) is 2.74. The second kappa shape index (κ2) is 13.4. The highest BCUT2D eigenvalue weighted by Gasteiger charge is 2.13. The first-order chi connectivity index (χ1) is 13.7. The highest BCUT2D eigenvalue weighted by molar-refractivity contribution is 5.79. The highest BCUT2D eigenvalue weighted by atomic mass is 16.5. The number of guanidine groups is 1. The zero-order valence-electron chi connectivity index (χ0n) is 17.7. The lowest BCUT2D eigenvalue weighted by molar-refractivity contribution is 0.0203. The fourth-order valence-corrected chi connectivity index (χ4v) is 3.29. The van der Waals surface area contributed by atoms with Gasteiger partial charge in [0.15, 0.2) is 5.96 Å². The second-order valence-corrected chi connectivity index (χ2v) is 7.27. The van der Waals surface area contributed by atoms with Gasteiger partial charge >= 0.3 is 0 Å². The van der Waals surface area contributed by atoms with E-state index in [1.165, 1.54) is 5.56 Å². The van der Waals surface area contributed by atoms with E-state index in [4.69, 9.17) is 19.2 Å². The standard InChI is InChI=1S/C22H37N3O3/c1-4-23-22(24-12-7-13-28-17-19-10-14-27-15-11-19)25-16-18(2)20-8-5-6-9-21(20)26-3/h5-6,8-9,18-19H,4,7,10-17H2,1-3H3,(H2,23,24,25). The van der Waals surface area contributed by atoms with Crippen molar-refractivity contribution in [3.05, 3.63) is 29.8 Å². The summed E-state index contributed by atoms with van der Waals surface area (Å²) in [6.07, 6.45) is 3.22. The number of ether oxygens (including phenoxy) is 3. The molecule has 1 fully saturated rings. The molecule has 158 valence electrons. The molecule has 0 bridgehead atoms. The molecule has 1 aromatic rings. The third kappa shape index (κ3) is 8.07. The van der Waals surface area contributed by atoms with Gasteiger partial charge in [-0.25, -0.2) is 0 Å². The molecule has 1 aliphatic rings. The zero-order chi connectivity index (χ0) is 20.0. The smallest absolute Gasteiger partial charge is 0.191 e. The molecule has 1 heterocycles. The van der Waals surface area contributed by atoms with Crippen LogP contribution in [0.1, 0.15) is 44.6 Å². The number of methoxy groups -OCH3 is 1. The van der Waals surface area contributed by atoms with E-state index in [2.05, 4.69) is 30.5 Å². The molecule has 2 N–H and O–H groups in total. The minimum Gasteiger partial charge on any atom is -0.496 e. The van der Waals surface area contributed by atoms with Crippen LogP contribution in [-0.4, -0.2) is 59.1 Å². The lowest BCUT2D eigenvalue weighted by Gasteiger charge is -2.21. The molecule has 0 amide bonds. The molecule has 1 saturated heterocycles.